The molecule has 1 saturated carbocycles. The predicted molar refractivity (Wildman–Crippen MR) is 82.6 cm³/mol. The van der Waals surface area contributed by atoms with Crippen molar-refractivity contribution in [3.8, 4) is 0 Å². The SMILES string of the molecule is CSC1CCCC(NCc2coc3ccccc23)C1. The fourth-order valence-electron chi connectivity index (χ4n) is 2.97. The molecule has 1 heterocycles. The van der Waals surface area contributed by atoms with Crippen LogP contribution in [0.5, 0.6) is 0 Å². The Hall–Kier alpha value is -0.930. The molecule has 19 heavy (non-hydrogen) atoms. The zero-order valence-corrected chi connectivity index (χ0v) is 12.2. The molecule has 1 aromatic carbocycles. The highest BCUT2D eigenvalue weighted by atomic mass is 32.2. The first kappa shape index (κ1) is 13.1. The van der Waals surface area contributed by atoms with Gasteiger partial charge in [-0.05, 0) is 31.6 Å². The Morgan fingerprint density at radius 3 is 3.11 bits per heavy atom. The highest BCUT2D eigenvalue weighted by Gasteiger charge is 2.21. The molecule has 2 atom stereocenters. The quantitative estimate of drug-likeness (QED) is 0.905. The molecule has 1 N–H and O–H groups in total. The molecule has 0 radical (unpaired) electrons. The summed E-state index contributed by atoms with van der Waals surface area (Å²) in [5, 5.41) is 5.79. The van der Waals surface area contributed by atoms with E-state index in [0.717, 1.165) is 17.4 Å². The van der Waals surface area contributed by atoms with Gasteiger partial charge in [0.15, 0.2) is 0 Å². The van der Waals surface area contributed by atoms with Crippen LogP contribution >= 0.6 is 11.8 Å². The second kappa shape index (κ2) is 6.02. The van der Waals surface area contributed by atoms with Crippen LogP contribution in [0.15, 0.2) is 34.9 Å². The fourth-order valence-corrected chi connectivity index (χ4v) is 3.80. The number of furan rings is 1. The van der Waals surface area contributed by atoms with E-state index in [1.165, 1.54) is 36.6 Å². The van der Waals surface area contributed by atoms with Crippen molar-refractivity contribution in [2.75, 3.05) is 6.26 Å². The molecule has 1 aromatic heterocycles. The Morgan fingerprint density at radius 2 is 2.21 bits per heavy atom. The standard InChI is InChI=1S/C16H21NOS/c1-19-14-6-4-5-13(9-14)17-10-12-11-18-16-8-3-2-7-15(12)16/h2-3,7-8,11,13-14,17H,4-6,9-10H2,1H3. The van der Waals surface area contributed by atoms with E-state index >= 15 is 0 Å². The van der Waals surface area contributed by atoms with Gasteiger partial charge in [-0.3, -0.25) is 0 Å². The van der Waals surface area contributed by atoms with Gasteiger partial charge in [-0.15, -0.1) is 0 Å². The largest absolute Gasteiger partial charge is 0.464 e. The third-order valence-corrected chi connectivity index (χ3v) is 5.20. The first-order valence-corrected chi connectivity index (χ1v) is 8.37. The van der Waals surface area contributed by atoms with Gasteiger partial charge in [0.05, 0.1) is 6.26 Å². The normalized spacial score (nSPS) is 23.8. The topological polar surface area (TPSA) is 25.2 Å². The zero-order chi connectivity index (χ0) is 13.1. The molecule has 2 nitrogen and oxygen atoms in total. The van der Waals surface area contributed by atoms with Gasteiger partial charge >= 0.3 is 0 Å². The Balaban J connectivity index is 1.63. The van der Waals surface area contributed by atoms with Crippen LogP contribution in [0.2, 0.25) is 0 Å². The second-order valence-electron chi connectivity index (χ2n) is 5.36. The molecule has 3 rings (SSSR count). The summed E-state index contributed by atoms with van der Waals surface area (Å²) in [6.45, 7) is 0.919. The highest BCUT2D eigenvalue weighted by molar-refractivity contribution is 7.99. The number of rotatable bonds is 4. The molecule has 1 fully saturated rings. The summed E-state index contributed by atoms with van der Waals surface area (Å²) in [6.07, 6.45) is 9.48. The Bertz CT molecular complexity index is 536. The van der Waals surface area contributed by atoms with E-state index in [0.29, 0.717) is 6.04 Å². The first-order chi connectivity index (χ1) is 9.36. The van der Waals surface area contributed by atoms with Crippen LogP contribution in [0.3, 0.4) is 0 Å². The van der Waals surface area contributed by atoms with Crippen molar-refractivity contribution in [1.29, 1.82) is 0 Å². The van der Waals surface area contributed by atoms with Crippen LogP contribution in [0, 0.1) is 0 Å². The van der Waals surface area contributed by atoms with E-state index in [4.69, 9.17) is 4.42 Å². The number of para-hydroxylation sites is 1. The van der Waals surface area contributed by atoms with Crippen LogP contribution < -0.4 is 5.32 Å². The number of fused-ring (bicyclic) bond motifs is 1. The zero-order valence-electron chi connectivity index (χ0n) is 11.4. The monoisotopic (exact) mass is 275 g/mol. The van der Waals surface area contributed by atoms with Gasteiger partial charge < -0.3 is 9.73 Å². The summed E-state index contributed by atoms with van der Waals surface area (Å²) in [5.41, 5.74) is 2.27. The summed E-state index contributed by atoms with van der Waals surface area (Å²) in [5.74, 6) is 0. The summed E-state index contributed by atoms with van der Waals surface area (Å²) in [7, 11) is 0. The predicted octanol–water partition coefficient (Wildman–Crippen LogP) is 4.20. The number of benzene rings is 1. The van der Waals surface area contributed by atoms with Crippen LogP contribution in [-0.4, -0.2) is 17.5 Å². The molecule has 3 heteroatoms. The molecule has 0 saturated heterocycles. The molecule has 0 bridgehead atoms. The number of hydrogen-bond donors (Lipinski definition) is 1. The van der Waals surface area contributed by atoms with Gasteiger partial charge in [-0.25, -0.2) is 0 Å². The maximum Gasteiger partial charge on any atom is 0.134 e. The number of hydrogen-bond acceptors (Lipinski definition) is 3. The molecule has 0 spiro atoms. The summed E-state index contributed by atoms with van der Waals surface area (Å²) >= 11 is 2.02. The van der Waals surface area contributed by atoms with Crippen molar-refractivity contribution < 1.29 is 4.42 Å². The molecule has 0 aliphatic heterocycles. The van der Waals surface area contributed by atoms with Crippen molar-refractivity contribution in [3.63, 3.8) is 0 Å². The molecular formula is C16H21NOS. The van der Waals surface area contributed by atoms with Crippen LogP contribution in [0.1, 0.15) is 31.2 Å². The lowest BCUT2D eigenvalue weighted by molar-refractivity contribution is 0.379. The van der Waals surface area contributed by atoms with Crippen LogP contribution in [-0.2, 0) is 6.54 Å². The van der Waals surface area contributed by atoms with Gasteiger partial charge in [0.2, 0.25) is 0 Å². The lowest BCUT2D eigenvalue weighted by Gasteiger charge is -2.28. The van der Waals surface area contributed by atoms with Gasteiger partial charge in [0, 0.05) is 28.8 Å². The van der Waals surface area contributed by atoms with Gasteiger partial charge in [-0.2, -0.15) is 11.8 Å². The van der Waals surface area contributed by atoms with E-state index in [2.05, 4.69) is 23.7 Å². The number of thioether (sulfide) groups is 1. The maximum absolute atomic E-state index is 5.59. The van der Waals surface area contributed by atoms with Gasteiger partial charge in [-0.1, -0.05) is 24.6 Å². The molecule has 1 aliphatic rings. The Morgan fingerprint density at radius 1 is 1.32 bits per heavy atom. The van der Waals surface area contributed by atoms with Gasteiger partial charge in [0.1, 0.15) is 5.58 Å². The molecule has 2 unspecified atom stereocenters. The summed E-state index contributed by atoms with van der Waals surface area (Å²) in [4.78, 5) is 0. The van der Waals surface area contributed by atoms with E-state index in [1.807, 2.05) is 30.2 Å². The lowest BCUT2D eigenvalue weighted by Crippen LogP contribution is -2.34. The van der Waals surface area contributed by atoms with Crippen molar-refractivity contribution in [2.45, 2.75) is 43.5 Å². The van der Waals surface area contributed by atoms with E-state index in [9.17, 15) is 0 Å². The minimum Gasteiger partial charge on any atom is -0.464 e. The van der Waals surface area contributed by atoms with E-state index < -0.39 is 0 Å². The van der Waals surface area contributed by atoms with Gasteiger partial charge in [0.25, 0.3) is 0 Å². The van der Waals surface area contributed by atoms with Crippen LogP contribution in [0.4, 0.5) is 0 Å². The Labute approximate surface area is 118 Å². The molecule has 1 aliphatic carbocycles. The Kier molecular flexibility index (Phi) is 4.14. The van der Waals surface area contributed by atoms with Crippen molar-refractivity contribution in [1.82, 2.24) is 5.32 Å². The highest BCUT2D eigenvalue weighted by Crippen LogP contribution is 2.27. The minimum absolute atomic E-state index is 0.667. The number of nitrogens with one attached hydrogen (secondary N) is 1. The van der Waals surface area contributed by atoms with E-state index in [1.54, 1.807) is 0 Å². The molecule has 102 valence electrons. The minimum atomic E-state index is 0.667. The van der Waals surface area contributed by atoms with E-state index in [-0.39, 0.29) is 0 Å². The van der Waals surface area contributed by atoms with Crippen molar-refractivity contribution >= 4 is 22.7 Å². The molecular weight excluding hydrogens is 254 g/mol. The fraction of sp³-hybridized carbons (Fsp3) is 0.500. The summed E-state index contributed by atoms with van der Waals surface area (Å²) in [6, 6.07) is 8.93. The summed E-state index contributed by atoms with van der Waals surface area (Å²) < 4.78 is 5.59. The smallest absolute Gasteiger partial charge is 0.134 e. The van der Waals surface area contributed by atoms with Crippen molar-refractivity contribution in [2.24, 2.45) is 0 Å². The van der Waals surface area contributed by atoms with Crippen molar-refractivity contribution in [3.05, 3.63) is 36.1 Å². The maximum atomic E-state index is 5.59. The molecule has 2 aromatic rings. The average molecular weight is 275 g/mol. The third-order valence-electron chi connectivity index (χ3n) is 4.10. The first-order valence-electron chi connectivity index (χ1n) is 7.08. The third kappa shape index (κ3) is 2.98. The molecule has 0 amide bonds. The average Bonchev–Trinajstić information content (AvgIpc) is 2.89. The second-order valence-corrected chi connectivity index (χ2v) is 6.50. The van der Waals surface area contributed by atoms with Crippen LogP contribution in [0.25, 0.3) is 11.0 Å². The lowest BCUT2D eigenvalue weighted by atomic mass is 9.95.